The van der Waals surface area contributed by atoms with E-state index in [1.165, 1.54) is 42.6 Å². The summed E-state index contributed by atoms with van der Waals surface area (Å²) in [5, 5.41) is 20.1. The minimum atomic E-state index is -1.22. The van der Waals surface area contributed by atoms with Gasteiger partial charge in [0.15, 0.2) is 5.69 Å². The van der Waals surface area contributed by atoms with Gasteiger partial charge in [-0.3, -0.25) is 4.79 Å². The molecule has 98 valence electrons. The molecule has 0 aliphatic rings. The smallest absolute Gasteiger partial charge is 0.356 e. The van der Waals surface area contributed by atoms with Crippen LogP contribution in [0, 0.1) is 11.3 Å². The normalized spacial score (nSPS) is 9.55. The molecule has 1 amide bonds. The van der Waals surface area contributed by atoms with Crippen molar-refractivity contribution in [1.29, 1.82) is 5.26 Å². The van der Waals surface area contributed by atoms with Crippen LogP contribution in [0.25, 0.3) is 0 Å². The highest BCUT2D eigenvalue weighted by molar-refractivity contribution is 6.07. The number of amides is 1. The van der Waals surface area contributed by atoms with Gasteiger partial charge in [-0.2, -0.15) is 5.26 Å². The van der Waals surface area contributed by atoms with Crippen LogP contribution in [0.15, 0.2) is 42.6 Å². The zero-order chi connectivity index (χ0) is 14.5. The average molecular weight is 267 g/mol. The molecule has 0 atom stereocenters. The van der Waals surface area contributed by atoms with E-state index < -0.39 is 11.9 Å². The van der Waals surface area contributed by atoms with Gasteiger partial charge in [0.25, 0.3) is 5.91 Å². The molecule has 0 radical (unpaired) electrons. The third kappa shape index (κ3) is 2.79. The third-order valence-corrected chi connectivity index (χ3v) is 2.53. The fourth-order valence-corrected chi connectivity index (χ4v) is 1.57. The van der Waals surface area contributed by atoms with Crippen molar-refractivity contribution in [2.45, 2.75) is 0 Å². The summed E-state index contributed by atoms with van der Waals surface area (Å²) in [7, 11) is 0. The van der Waals surface area contributed by atoms with E-state index in [-0.39, 0.29) is 11.4 Å². The van der Waals surface area contributed by atoms with E-state index in [1.54, 1.807) is 0 Å². The molecule has 0 bridgehead atoms. The molecule has 2 aromatic rings. The Labute approximate surface area is 114 Å². The van der Waals surface area contributed by atoms with Crippen LogP contribution in [0.3, 0.4) is 0 Å². The van der Waals surface area contributed by atoms with Crippen molar-refractivity contribution in [3.05, 3.63) is 59.4 Å². The number of nitrogens with one attached hydrogen (secondary N) is 1. The minimum absolute atomic E-state index is 0.120. The van der Waals surface area contributed by atoms with E-state index in [0.29, 0.717) is 11.1 Å². The summed E-state index contributed by atoms with van der Waals surface area (Å²) in [5.74, 6) is -1.69. The summed E-state index contributed by atoms with van der Waals surface area (Å²) in [6.45, 7) is 0. The molecule has 1 aromatic carbocycles. The van der Waals surface area contributed by atoms with E-state index in [1.807, 2.05) is 6.07 Å². The zero-order valence-corrected chi connectivity index (χ0v) is 10.2. The fraction of sp³-hybridized carbons (Fsp3) is 0. The lowest BCUT2D eigenvalue weighted by Gasteiger charge is -2.07. The minimum Gasteiger partial charge on any atom is -0.476 e. The number of carbonyl (C=O) groups excluding carboxylic acids is 1. The Balaban J connectivity index is 2.23. The maximum atomic E-state index is 12.0. The van der Waals surface area contributed by atoms with Gasteiger partial charge in [-0.25, -0.2) is 9.78 Å². The van der Waals surface area contributed by atoms with E-state index in [4.69, 9.17) is 10.4 Å². The molecule has 20 heavy (non-hydrogen) atoms. The second-order valence-electron chi connectivity index (χ2n) is 3.85. The second-order valence-corrected chi connectivity index (χ2v) is 3.85. The molecule has 0 saturated carbocycles. The Kier molecular flexibility index (Phi) is 3.72. The Morgan fingerprint density at radius 2 is 1.90 bits per heavy atom. The van der Waals surface area contributed by atoms with Gasteiger partial charge in [0.2, 0.25) is 0 Å². The molecule has 0 spiro atoms. The van der Waals surface area contributed by atoms with Crippen molar-refractivity contribution in [1.82, 2.24) is 4.98 Å². The van der Waals surface area contributed by atoms with Crippen LogP contribution < -0.4 is 5.32 Å². The number of anilines is 1. The molecule has 6 nitrogen and oxygen atoms in total. The topological polar surface area (TPSA) is 103 Å². The van der Waals surface area contributed by atoms with Gasteiger partial charge >= 0.3 is 5.97 Å². The van der Waals surface area contributed by atoms with E-state index in [0.717, 1.165) is 0 Å². The second kappa shape index (κ2) is 5.63. The molecule has 0 saturated heterocycles. The van der Waals surface area contributed by atoms with Crippen LogP contribution in [0.1, 0.15) is 26.4 Å². The molecule has 1 heterocycles. The first-order valence-corrected chi connectivity index (χ1v) is 5.61. The first-order chi connectivity index (χ1) is 9.61. The number of carbonyl (C=O) groups is 2. The third-order valence-electron chi connectivity index (χ3n) is 2.53. The number of aromatic nitrogens is 1. The molecule has 0 aliphatic heterocycles. The number of hydrogen-bond donors (Lipinski definition) is 2. The number of nitriles is 1. The van der Waals surface area contributed by atoms with Gasteiger partial charge in [-0.1, -0.05) is 0 Å². The number of aromatic carboxylic acids is 1. The molecule has 2 rings (SSSR count). The zero-order valence-electron chi connectivity index (χ0n) is 10.2. The number of hydrogen-bond acceptors (Lipinski definition) is 4. The molecule has 2 N–H and O–H groups in total. The predicted octanol–water partition coefficient (Wildman–Crippen LogP) is 1.90. The van der Waals surface area contributed by atoms with Crippen molar-refractivity contribution >= 4 is 17.6 Å². The molecule has 6 heteroatoms. The lowest BCUT2D eigenvalue weighted by molar-refractivity contribution is 0.0692. The van der Waals surface area contributed by atoms with Crippen LogP contribution in [0.2, 0.25) is 0 Å². The highest BCUT2D eigenvalue weighted by atomic mass is 16.4. The van der Waals surface area contributed by atoms with E-state index in [9.17, 15) is 9.59 Å². The largest absolute Gasteiger partial charge is 0.476 e. The molecular weight excluding hydrogens is 258 g/mol. The highest BCUT2D eigenvalue weighted by Crippen LogP contribution is 2.14. The van der Waals surface area contributed by atoms with Gasteiger partial charge < -0.3 is 10.4 Å². The number of benzene rings is 1. The summed E-state index contributed by atoms with van der Waals surface area (Å²) < 4.78 is 0. The standard InChI is InChI=1S/C14H9N3O3/c15-8-9-3-5-10(6-4-9)13(18)17-11-2-1-7-16-12(11)14(19)20/h1-7H,(H,17,18)(H,19,20). The molecule has 0 fully saturated rings. The number of carboxylic acid groups (broad SMARTS) is 1. The van der Waals surface area contributed by atoms with Crippen molar-refractivity contribution in [2.24, 2.45) is 0 Å². The number of pyridine rings is 1. The first-order valence-electron chi connectivity index (χ1n) is 5.61. The van der Waals surface area contributed by atoms with E-state index >= 15 is 0 Å². The monoisotopic (exact) mass is 267 g/mol. The number of nitrogens with zero attached hydrogens (tertiary/aromatic N) is 2. The van der Waals surface area contributed by atoms with Crippen LogP contribution in [-0.4, -0.2) is 22.0 Å². The van der Waals surface area contributed by atoms with Gasteiger partial charge in [-0.05, 0) is 36.4 Å². The maximum absolute atomic E-state index is 12.0. The average Bonchev–Trinajstić information content (AvgIpc) is 2.47. The quantitative estimate of drug-likeness (QED) is 0.884. The summed E-state index contributed by atoms with van der Waals surface area (Å²) >= 11 is 0. The van der Waals surface area contributed by atoms with Crippen LogP contribution in [0.5, 0.6) is 0 Å². The maximum Gasteiger partial charge on any atom is 0.356 e. The highest BCUT2D eigenvalue weighted by Gasteiger charge is 2.14. The molecule has 1 aromatic heterocycles. The van der Waals surface area contributed by atoms with Gasteiger partial charge in [0, 0.05) is 11.8 Å². The van der Waals surface area contributed by atoms with Crippen LogP contribution in [0.4, 0.5) is 5.69 Å². The van der Waals surface area contributed by atoms with Gasteiger partial charge in [0.05, 0.1) is 17.3 Å². The fourth-order valence-electron chi connectivity index (χ4n) is 1.57. The van der Waals surface area contributed by atoms with E-state index in [2.05, 4.69) is 10.3 Å². The Hall–Kier alpha value is -3.20. The summed E-state index contributed by atoms with van der Waals surface area (Å²) in [6, 6.07) is 10.9. The molecular formula is C14H9N3O3. The van der Waals surface area contributed by atoms with Gasteiger partial charge in [0.1, 0.15) is 0 Å². The summed E-state index contributed by atoms with van der Waals surface area (Å²) in [4.78, 5) is 26.6. The lowest BCUT2D eigenvalue weighted by Crippen LogP contribution is -2.15. The molecule has 0 unspecified atom stereocenters. The lowest BCUT2D eigenvalue weighted by atomic mass is 10.1. The molecule has 0 aliphatic carbocycles. The number of rotatable bonds is 3. The number of carboxylic acids is 1. The van der Waals surface area contributed by atoms with Crippen molar-refractivity contribution in [3.63, 3.8) is 0 Å². The Bertz CT molecular complexity index is 702. The Morgan fingerprint density at radius 1 is 1.20 bits per heavy atom. The Morgan fingerprint density at radius 3 is 2.50 bits per heavy atom. The summed E-state index contributed by atoms with van der Waals surface area (Å²) in [5.41, 5.74) is 0.655. The first kappa shape index (κ1) is 13.2. The van der Waals surface area contributed by atoms with Crippen molar-refractivity contribution in [2.75, 3.05) is 5.32 Å². The predicted molar refractivity (Wildman–Crippen MR) is 70.3 cm³/mol. The SMILES string of the molecule is N#Cc1ccc(C(=O)Nc2cccnc2C(=O)O)cc1. The van der Waals surface area contributed by atoms with Crippen molar-refractivity contribution in [3.8, 4) is 6.07 Å². The van der Waals surface area contributed by atoms with Crippen LogP contribution >= 0.6 is 0 Å². The van der Waals surface area contributed by atoms with Gasteiger partial charge in [-0.15, -0.1) is 0 Å². The van der Waals surface area contributed by atoms with Crippen molar-refractivity contribution < 1.29 is 14.7 Å². The van der Waals surface area contributed by atoms with Crippen LogP contribution in [-0.2, 0) is 0 Å². The summed E-state index contributed by atoms with van der Waals surface area (Å²) in [6.07, 6.45) is 1.33.